The number of nitrogens with zero attached hydrogens (tertiary/aromatic N) is 3. The zero-order valence-electron chi connectivity index (χ0n) is 14.8. The van der Waals surface area contributed by atoms with Gasteiger partial charge in [-0.05, 0) is 24.6 Å². The molecule has 1 aromatic carbocycles. The molecule has 2 rings (SSSR count). The Kier molecular flexibility index (Phi) is 7.43. The molecule has 0 atom stereocenters. The Morgan fingerprint density at radius 3 is 2.52 bits per heavy atom. The van der Waals surface area contributed by atoms with Crippen molar-refractivity contribution >= 4 is 11.9 Å². The van der Waals surface area contributed by atoms with E-state index < -0.39 is 0 Å². The number of benzene rings is 1. The van der Waals surface area contributed by atoms with Crippen LogP contribution < -0.4 is 10.6 Å². The molecule has 0 bridgehead atoms. The number of carbonyl (C=O) groups is 1. The average molecular weight is 339 g/mol. The number of hydrogen-bond donors (Lipinski definition) is 2. The Hall–Kier alpha value is -2.89. The van der Waals surface area contributed by atoms with E-state index in [1.165, 1.54) is 0 Å². The van der Waals surface area contributed by atoms with Crippen molar-refractivity contribution in [3.63, 3.8) is 0 Å². The highest BCUT2D eigenvalue weighted by molar-refractivity contribution is 5.86. The van der Waals surface area contributed by atoms with Crippen LogP contribution in [0.1, 0.15) is 18.2 Å². The lowest BCUT2D eigenvalue weighted by molar-refractivity contribution is -0.130. The predicted octanol–water partition coefficient (Wildman–Crippen LogP) is 1.80. The van der Waals surface area contributed by atoms with Crippen LogP contribution in [0.5, 0.6) is 0 Å². The highest BCUT2D eigenvalue weighted by Crippen LogP contribution is 2.04. The molecule has 1 amide bonds. The topological polar surface area (TPSA) is 69.6 Å². The summed E-state index contributed by atoms with van der Waals surface area (Å²) >= 11 is 0. The van der Waals surface area contributed by atoms with Gasteiger partial charge in [0, 0.05) is 26.3 Å². The number of likely N-dealkylation sites (N-methyl/N-ethyl adjacent to an activating group) is 1. The van der Waals surface area contributed by atoms with Crippen LogP contribution in [0.25, 0.3) is 0 Å². The Bertz CT molecular complexity index is 673. The Morgan fingerprint density at radius 2 is 1.88 bits per heavy atom. The van der Waals surface area contributed by atoms with Gasteiger partial charge in [0.1, 0.15) is 0 Å². The van der Waals surface area contributed by atoms with Crippen molar-refractivity contribution in [1.82, 2.24) is 20.5 Å². The van der Waals surface area contributed by atoms with Crippen molar-refractivity contribution in [2.45, 2.75) is 20.0 Å². The molecule has 1 heterocycles. The van der Waals surface area contributed by atoms with Gasteiger partial charge in [-0.25, -0.2) is 0 Å². The summed E-state index contributed by atoms with van der Waals surface area (Å²) < 4.78 is 0. The fourth-order valence-electron chi connectivity index (χ4n) is 2.35. The number of aliphatic imine (C=N–C) groups is 1. The van der Waals surface area contributed by atoms with E-state index in [2.05, 4.69) is 20.6 Å². The molecule has 25 heavy (non-hydrogen) atoms. The first-order chi connectivity index (χ1) is 12.2. The summed E-state index contributed by atoms with van der Waals surface area (Å²) in [5.41, 5.74) is 2.03. The van der Waals surface area contributed by atoms with Crippen LogP contribution in [0.3, 0.4) is 0 Å². The second-order valence-electron chi connectivity index (χ2n) is 5.49. The van der Waals surface area contributed by atoms with Crippen molar-refractivity contribution in [3.8, 4) is 0 Å². The second kappa shape index (κ2) is 10.1. The maximum Gasteiger partial charge on any atom is 0.242 e. The number of hydrogen-bond acceptors (Lipinski definition) is 3. The Morgan fingerprint density at radius 1 is 1.12 bits per heavy atom. The molecule has 2 aromatic rings. The van der Waals surface area contributed by atoms with Gasteiger partial charge < -0.3 is 15.5 Å². The van der Waals surface area contributed by atoms with E-state index in [1.54, 1.807) is 13.2 Å². The molecule has 6 nitrogen and oxygen atoms in total. The molecule has 6 heteroatoms. The summed E-state index contributed by atoms with van der Waals surface area (Å²) in [6.07, 6.45) is 1.75. The molecular formula is C19H25N5O. The monoisotopic (exact) mass is 339 g/mol. The molecule has 1 aromatic heterocycles. The minimum Gasteiger partial charge on any atom is -0.351 e. The number of aromatic nitrogens is 1. The fraction of sp³-hybridized carbons (Fsp3) is 0.316. The van der Waals surface area contributed by atoms with E-state index in [0.717, 1.165) is 11.3 Å². The van der Waals surface area contributed by atoms with Crippen LogP contribution in [-0.4, -0.2) is 41.9 Å². The molecule has 0 aliphatic carbocycles. The first-order valence-corrected chi connectivity index (χ1v) is 8.39. The van der Waals surface area contributed by atoms with Crippen molar-refractivity contribution in [2.24, 2.45) is 4.99 Å². The first kappa shape index (κ1) is 18.4. The lowest BCUT2D eigenvalue weighted by atomic mass is 10.2. The third kappa shape index (κ3) is 6.25. The summed E-state index contributed by atoms with van der Waals surface area (Å²) in [7, 11) is 1.68. The third-order valence-corrected chi connectivity index (χ3v) is 3.74. The highest BCUT2D eigenvalue weighted by atomic mass is 16.2. The van der Waals surface area contributed by atoms with Gasteiger partial charge in [0.2, 0.25) is 5.91 Å². The molecule has 0 saturated carbocycles. The quantitative estimate of drug-likeness (QED) is 0.596. The smallest absolute Gasteiger partial charge is 0.242 e. The van der Waals surface area contributed by atoms with Gasteiger partial charge in [0.25, 0.3) is 0 Å². The Labute approximate surface area is 149 Å². The van der Waals surface area contributed by atoms with E-state index in [0.29, 0.717) is 25.6 Å². The van der Waals surface area contributed by atoms with Crippen LogP contribution in [0.2, 0.25) is 0 Å². The van der Waals surface area contributed by atoms with Gasteiger partial charge in [0.15, 0.2) is 5.96 Å². The maximum absolute atomic E-state index is 12.4. The number of guanidine groups is 1. The number of carbonyl (C=O) groups excluding carboxylic acids is 1. The largest absolute Gasteiger partial charge is 0.351 e. The first-order valence-electron chi connectivity index (χ1n) is 8.39. The average Bonchev–Trinajstić information content (AvgIpc) is 2.67. The minimum atomic E-state index is 0.0344. The van der Waals surface area contributed by atoms with Crippen molar-refractivity contribution < 1.29 is 4.79 Å². The number of pyridine rings is 1. The van der Waals surface area contributed by atoms with Crippen molar-refractivity contribution in [1.29, 1.82) is 0 Å². The molecule has 0 spiro atoms. The van der Waals surface area contributed by atoms with E-state index in [1.807, 2.05) is 60.4 Å². The SMILES string of the molecule is CCN(Cc1ccccc1)C(=O)CNC(=NC)NCc1ccccn1. The van der Waals surface area contributed by atoms with E-state index in [4.69, 9.17) is 0 Å². The Balaban J connectivity index is 1.81. The van der Waals surface area contributed by atoms with E-state index in [-0.39, 0.29) is 12.5 Å². The van der Waals surface area contributed by atoms with Crippen LogP contribution in [-0.2, 0) is 17.9 Å². The van der Waals surface area contributed by atoms with Gasteiger partial charge >= 0.3 is 0 Å². The molecule has 2 N–H and O–H groups in total. The van der Waals surface area contributed by atoms with Crippen LogP contribution in [0.15, 0.2) is 59.7 Å². The van der Waals surface area contributed by atoms with Crippen LogP contribution >= 0.6 is 0 Å². The number of nitrogens with one attached hydrogen (secondary N) is 2. The van der Waals surface area contributed by atoms with Crippen LogP contribution in [0.4, 0.5) is 0 Å². The van der Waals surface area contributed by atoms with Gasteiger partial charge in [-0.3, -0.25) is 14.8 Å². The minimum absolute atomic E-state index is 0.0344. The second-order valence-corrected chi connectivity index (χ2v) is 5.49. The lowest BCUT2D eigenvalue weighted by Crippen LogP contribution is -2.44. The normalized spacial score (nSPS) is 11.0. The molecule has 0 fully saturated rings. The molecule has 132 valence electrons. The summed E-state index contributed by atoms with van der Waals surface area (Å²) in [6.45, 7) is 4.00. The summed E-state index contributed by atoms with van der Waals surface area (Å²) in [4.78, 5) is 22.6. The van der Waals surface area contributed by atoms with E-state index in [9.17, 15) is 4.79 Å². The van der Waals surface area contributed by atoms with Crippen LogP contribution in [0, 0.1) is 0 Å². The summed E-state index contributed by atoms with van der Waals surface area (Å²) in [5, 5.41) is 6.21. The van der Waals surface area contributed by atoms with E-state index >= 15 is 0 Å². The maximum atomic E-state index is 12.4. The lowest BCUT2D eigenvalue weighted by Gasteiger charge is -2.22. The standard InChI is InChI=1S/C19H25N5O/c1-3-24(15-16-9-5-4-6-10-16)18(25)14-23-19(20-2)22-13-17-11-7-8-12-21-17/h4-12H,3,13-15H2,1-2H3,(H2,20,22,23). The van der Waals surface area contributed by atoms with Gasteiger partial charge in [-0.2, -0.15) is 0 Å². The van der Waals surface area contributed by atoms with Crippen molar-refractivity contribution in [3.05, 3.63) is 66.0 Å². The number of amides is 1. The third-order valence-electron chi connectivity index (χ3n) is 3.74. The predicted molar refractivity (Wildman–Crippen MR) is 100.0 cm³/mol. The summed E-state index contributed by atoms with van der Waals surface area (Å²) in [6, 6.07) is 15.7. The molecule has 0 unspecified atom stereocenters. The zero-order chi connectivity index (χ0) is 17.9. The van der Waals surface area contributed by atoms with Crippen molar-refractivity contribution in [2.75, 3.05) is 20.1 Å². The van der Waals surface area contributed by atoms with Gasteiger partial charge in [-0.15, -0.1) is 0 Å². The molecule has 0 aliphatic heterocycles. The number of rotatable bonds is 7. The van der Waals surface area contributed by atoms with Gasteiger partial charge in [0.05, 0.1) is 18.8 Å². The molecular weight excluding hydrogens is 314 g/mol. The molecule has 0 saturated heterocycles. The fourth-order valence-corrected chi connectivity index (χ4v) is 2.35. The highest BCUT2D eigenvalue weighted by Gasteiger charge is 2.12. The molecule has 0 radical (unpaired) electrons. The van der Waals surface area contributed by atoms with Gasteiger partial charge in [-0.1, -0.05) is 36.4 Å². The summed E-state index contributed by atoms with van der Waals surface area (Å²) in [5.74, 6) is 0.613. The zero-order valence-corrected chi connectivity index (χ0v) is 14.8. The molecule has 0 aliphatic rings.